The van der Waals surface area contributed by atoms with E-state index in [1.807, 2.05) is 11.9 Å². The molecule has 1 N–H and O–H groups in total. The van der Waals surface area contributed by atoms with Crippen molar-refractivity contribution in [3.05, 3.63) is 46.2 Å². The van der Waals surface area contributed by atoms with Gasteiger partial charge in [0.05, 0.1) is 11.3 Å². The second kappa shape index (κ2) is 8.13. The van der Waals surface area contributed by atoms with Gasteiger partial charge in [-0.1, -0.05) is 30.9 Å². The van der Waals surface area contributed by atoms with Crippen molar-refractivity contribution < 1.29 is 9.59 Å². The number of carbonyl (C=O) groups is 2. The van der Waals surface area contributed by atoms with Crippen LogP contribution in [0.2, 0.25) is 5.15 Å². The number of hydrogen-bond acceptors (Lipinski definition) is 3. The van der Waals surface area contributed by atoms with Gasteiger partial charge in [-0.15, -0.1) is 0 Å². The van der Waals surface area contributed by atoms with Gasteiger partial charge in [-0.3, -0.25) is 14.3 Å². The third kappa shape index (κ3) is 4.16. The molecule has 1 aromatic heterocycles. The molecule has 27 heavy (non-hydrogen) atoms. The Labute approximate surface area is 164 Å². The lowest BCUT2D eigenvalue weighted by Gasteiger charge is -2.31. The Morgan fingerprint density at radius 1 is 1.19 bits per heavy atom. The number of nitrogens with zero attached hydrogens (tertiary/aromatic N) is 3. The molecule has 1 aliphatic carbocycles. The van der Waals surface area contributed by atoms with E-state index in [9.17, 15) is 9.59 Å². The monoisotopic (exact) mass is 388 g/mol. The van der Waals surface area contributed by atoms with Crippen LogP contribution in [0.3, 0.4) is 0 Å². The number of amides is 2. The number of carbonyl (C=O) groups excluding carboxylic acids is 2. The predicted molar refractivity (Wildman–Crippen MR) is 106 cm³/mol. The zero-order valence-corrected chi connectivity index (χ0v) is 16.7. The molecule has 0 aliphatic heterocycles. The van der Waals surface area contributed by atoms with Crippen LogP contribution >= 0.6 is 11.6 Å². The molecule has 7 heteroatoms. The number of hydrogen-bond donors (Lipinski definition) is 1. The van der Waals surface area contributed by atoms with E-state index >= 15 is 0 Å². The zero-order valence-electron chi connectivity index (χ0n) is 16.0. The molecule has 1 aliphatic rings. The average molecular weight is 389 g/mol. The lowest BCUT2D eigenvalue weighted by molar-refractivity contribution is 0.0696. The van der Waals surface area contributed by atoms with E-state index in [0.717, 1.165) is 12.8 Å². The van der Waals surface area contributed by atoms with Gasteiger partial charge in [-0.25, -0.2) is 0 Å². The summed E-state index contributed by atoms with van der Waals surface area (Å²) in [4.78, 5) is 27.0. The lowest BCUT2D eigenvalue weighted by atomic mass is 9.94. The Morgan fingerprint density at radius 3 is 2.37 bits per heavy atom. The maximum atomic E-state index is 12.7. The first kappa shape index (κ1) is 19.4. The first-order chi connectivity index (χ1) is 12.9. The number of nitrogens with one attached hydrogen (secondary N) is 1. The maximum Gasteiger partial charge on any atom is 0.260 e. The van der Waals surface area contributed by atoms with E-state index in [1.165, 1.54) is 23.9 Å². The summed E-state index contributed by atoms with van der Waals surface area (Å²) in [5, 5.41) is 7.26. The minimum Gasteiger partial charge on any atom is -0.339 e. The Hall–Kier alpha value is -2.34. The molecule has 144 valence electrons. The highest BCUT2D eigenvalue weighted by atomic mass is 35.5. The summed E-state index contributed by atoms with van der Waals surface area (Å²) in [7, 11) is 3.57. The molecule has 3 rings (SSSR count). The molecule has 0 unspecified atom stereocenters. The molecule has 1 saturated carbocycles. The number of anilines is 1. The minimum absolute atomic E-state index is 0.0194. The van der Waals surface area contributed by atoms with Gasteiger partial charge >= 0.3 is 0 Å². The predicted octanol–water partition coefficient (Wildman–Crippen LogP) is 4.04. The summed E-state index contributed by atoms with van der Waals surface area (Å²) in [6.45, 7) is 1.74. The molecule has 0 radical (unpaired) electrons. The topological polar surface area (TPSA) is 67.2 Å². The van der Waals surface area contributed by atoms with E-state index < -0.39 is 0 Å². The van der Waals surface area contributed by atoms with Crippen LogP contribution in [0, 0.1) is 6.92 Å². The van der Waals surface area contributed by atoms with Crippen molar-refractivity contribution in [2.45, 2.75) is 45.1 Å². The summed E-state index contributed by atoms with van der Waals surface area (Å²) < 4.78 is 1.47. The second-order valence-electron chi connectivity index (χ2n) is 7.11. The van der Waals surface area contributed by atoms with Gasteiger partial charge in [0.25, 0.3) is 11.8 Å². The summed E-state index contributed by atoms with van der Waals surface area (Å²) >= 11 is 6.14. The number of rotatable bonds is 4. The fraction of sp³-hybridized carbons (Fsp3) is 0.450. The molecule has 0 bridgehead atoms. The first-order valence-electron chi connectivity index (χ1n) is 9.26. The molecule has 1 heterocycles. The second-order valence-corrected chi connectivity index (χ2v) is 7.47. The highest BCUT2D eigenvalue weighted by Crippen LogP contribution is 2.24. The van der Waals surface area contributed by atoms with E-state index in [-0.39, 0.29) is 11.8 Å². The van der Waals surface area contributed by atoms with Crippen molar-refractivity contribution in [2.24, 2.45) is 7.05 Å². The highest BCUT2D eigenvalue weighted by molar-refractivity contribution is 6.33. The van der Waals surface area contributed by atoms with Crippen molar-refractivity contribution in [1.29, 1.82) is 0 Å². The SMILES string of the molecule is Cc1nn(C)c(Cl)c1C(=O)Nc1ccc(C(=O)N(C)C2CCCCC2)cc1. The average Bonchev–Trinajstić information content (AvgIpc) is 2.93. The van der Waals surface area contributed by atoms with Crippen LogP contribution in [0.15, 0.2) is 24.3 Å². The molecule has 6 nitrogen and oxygen atoms in total. The number of aromatic nitrogens is 2. The standard InChI is InChI=1S/C20H25ClN4O2/c1-13-17(18(21)25(3)23-13)19(26)22-15-11-9-14(10-12-15)20(27)24(2)16-7-5-4-6-8-16/h9-12,16H,4-8H2,1-3H3,(H,22,26). The Balaban J connectivity index is 1.68. The molecule has 1 aromatic carbocycles. The van der Waals surface area contributed by atoms with Crippen molar-refractivity contribution >= 4 is 29.1 Å². The molecule has 2 amide bonds. The van der Waals surface area contributed by atoms with Crippen LogP contribution in [-0.4, -0.2) is 39.6 Å². The van der Waals surface area contributed by atoms with Crippen molar-refractivity contribution in [1.82, 2.24) is 14.7 Å². The van der Waals surface area contributed by atoms with Gasteiger partial charge in [0.15, 0.2) is 0 Å². The van der Waals surface area contributed by atoms with Crippen molar-refractivity contribution in [3.8, 4) is 0 Å². The third-order valence-corrected chi connectivity index (χ3v) is 5.65. The van der Waals surface area contributed by atoms with E-state index in [4.69, 9.17) is 11.6 Å². The summed E-state index contributed by atoms with van der Waals surface area (Å²) in [6, 6.07) is 7.28. The number of benzene rings is 1. The number of halogens is 1. The fourth-order valence-corrected chi connectivity index (χ4v) is 3.88. The molecule has 0 saturated heterocycles. The third-order valence-electron chi connectivity index (χ3n) is 5.21. The molecule has 2 aromatic rings. The summed E-state index contributed by atoms with van der Waals surface area (Å²) in [5.74, 6) is -0.296. The Bertz CT molecular complexity index is 838. The Morgan fingerprint density at radius 2 is 1.81 bits per heavy atom. The number of aryl methyl sites for hydroxylation is 2. The van der Waals surface area contributed by atoms with Gasteiger partial charge < -0.3 is 10.2 Å². The van der Waals surface area contributed by atoms with Crippen molar-refractivity contribution in [3.63, 3.8) is 0 Å². The minimum atomic E-state index is -0.316. The van der Waals surface area contributed by atoms with Crippen LogP contribution in [0.4, 0.5) is 5.69 Å². The van der Waals surface area contributed by atoms with Crippen LogP contribution in [0.5, 0.6) is 0 Å². The highest BCUT2D eigenvalue weighted by Gasteiger charge is 2.23. The van der Waals surface area contributed by atoms with E-state index in [2.05, 4.69) is 10.4 Å². The van der Waals surface area contributed by atoms with Gasteiger partial charge in [0.1, 0.15) is 5.15 Å². The van der Waals surface area contributed by atoms with Crippen LogP contribution in [0.1, 0.15) is 58.5 Å². The van der Waals surface area contributed by atoms with Gasteiger partial charge in [0.2, 0.25) is 0 Å². The van der Waals surface area contributed by atoms with Crippen LogP contribution < -0.4 is 5.32 Å². The van der Waals surface area contributed by atoms with Gasteiger partial charge in [-0.2, -0.15) is 5.10 Å². The normalized spacial score (nSPS) is 14.8. The Kier molecular flexibility index (Phi) is 5.85. The maximum absolute atomic E-state index is 12.7. The quantitative estimate of drug-likeness (QED) is 0.859. The van der Waals surface area contributed by atoms with E-state index in [1.54, 1.807) is 38.2 Å². The van der Waals surface area contributed by atoms with Crippen LogP contribution in [-0.2, 0) is 7.05 Å². The molecule has 0 atom stereocenters. The molecule has 0 spiro atoms. The summed E-state index contributed by atoms with van der Waals surface area (Å²) in [6.07, 6.45) is 5.77. The smallest absolute Gasteiger partial charge is 0.260 e. The van der Waals surface area contributed by atoms with Gasteiger partial charge in [0, 0.05) is 31.4 Å². The molecular formula is C20H25ClN4O2. The first-order valence-corrected chi connectivity index (χ1v) is 9.64. The van der Waals surface area contributed by atoms with E-state index in [0.29, 0.717) is 33.7 Å². The van der Waals surface area contributed by atoms with Crippen LogP contribution in [0.25, 0.3) is 0 Å². The van der Waals surface area contributed by atoms with Crippen molar-refractivity contribution in [2.75, 3.05) is 12.4 Å². The largest absolute Gasteiger partial charge is 0.339 e. The van der Waals surface area contributed by atoms with Gasteiger partial charge in [-0.05, 0) is 44.0 Å². The lowest BCUT2D eigenvalue weighted by Crippen LogP contribution is -2.38. The molecule has 1 fully saturated rings. The molecular weight excluding hydrogens is 364 g/mol. The summed E-state index contributed by atoms with van der Waals surface area (Å²) in [5.41, 5.74) is 2.16. The zero-order chi connectivity index (χ0) is 19.6. The fourth-order valence-electron chi connectivity index (χ4n) is 3.62.